The van der Waals surface area contributed by atoms with E-state index in [-0.39, 0.29) is 15.5 Å². The zero-order chi connectivity index (χ0) is 16.0. The number of nitrogens with zero attached hydrogens (tertiary/aromatic N) is 1. The summed E-state index contributed by atoms with van der Waals surface area (Å²) in [6, 6.07) is 4.06. The molecule has 0 saturated carbocycles. The number of ether oxygens (including phenoxy) is 1. The number of carbonyl (C=O) groups is 1. The van der Waals surface area contributed by atoms with Crippen LogP contribution in [0.4, 0.5) is 0 Å². The minimum Gasteiger partial charge on any atom is -0.385 e. The summed E-state index contributed by atoms with van der Waals surface area (Å²) in [5.74, 6) is -0.410. The Morgan fingerprint density at radius 3 is 2.62 bits per heavy atom. The molecule has 0 aliphatic heterocycles. The highest BCUT2D eigenvalue weighted by molar-refractivity contribution is 7.89. The van der Waals surface area contributed by atoms with Crippen molar-refractivity contribution in [1.29, 1.82) is 0 Å². The van der Waals surface area contributed by atoms with Crippen molar-refractivity contribution in [3.63, 3.8) is 0 Å². The summed E-state index contributed by atoms with van der Waals surface area (Å²) < 4.78 is 30.1. The first kappa shape index (κ1) is 17.9. The summed E-state index contributed by atoms with van der Waals surface area (Å²) in [6.07, 6.45) is 0.662. The summed E-state index contributed by atoms with van der Waals surface area (Å²) in [6.45, 7) is 0.955. The second-order valence-electron chi connectivity index (χ2n) is 4.53. The molecule has 0 atom stereocenters. The van der Waals surface area contributed by atoms with Crippen LogP contribution in [0.15, 0.2) is 23.1 Å². The van der Waals surface area contributed by atoms with Crippen LogP contribution in [0, 0.1) is 0 Å². The van der Waals surface area contributed by atoms with Crippen LogP contribution in [-0.4, -0.2) is 53.0 Å². The second kappa shape index (κ2) is 7.74. The number of methoxy groups -OCH3 is 1. The quantitative estimate of drug-likeness (QED) is 0.764. The van der Waals surface area contributed by atoms with Gasteiger partial charge in [-0.2, -0.15) is 0 Å². The molecule has 1 amide bonds. The maximum absolute atomic E-state index is 12.1. The largest absolute Gasteiger partial charge is 0.385 e. The fourth-order valence-electron chi connectivity index (χ4n) is 1.56. The Morgan fingerprint density at radius 2 is 2.05 bits per heavy atom. The first-order valence-electron chi connectivity index (χ1n) is 6.30. The molecule has 118 valence electrons. The van der Waals surface area contributed by atoms with E-state index < -0.39 is 15.9 Å². The Morgan fingerprint density at radius 1 is 1.38 bits per heavy atom. The number of sulfonamides is 1. The van der Waals surface area contributed by atoms with E-state index in [1.54, 1.807) is 7.11 Å². The van der Waals surface area contributed by atoms with Crippen LogP contribution in [0.25, 0.3) is 0 Å². The molecule has 6 nitrogen and oxygen atoms in total. The normalized spacial score (nSPS) is 11.7. The molecule has 0 spiro atoms. The van der Waals surface area contributed by atoms with E-state index in [0.29, 0.717) is 19.6 Å². The fraction of sp³-hybridized carbons (Fsp3) is 0.462. The van der Waals surface area contributed by atoms with Gasteiger partial charge in [0, 0.05) is 34.4 Å². The summed E-state index contributed by atoms with van der Waals surface area (Å²) >= 11 is 5.97. The van der Waals surface area contributed by atoms with Crippen LogP contribution in [0.2, 0.25) is 5.02 Å². The van der Waals surface area contributed by atoms with Crippen molar-refractivity contribution in [2.24, 2.45) is 0 Å². The monoisotopic (exact) mass is 334 g/mol. The van der Waals surface area contributed by atoms with E-state index in [0.717, 1.165) is 4.31 Å². The van der Waals surface area contributed by atoms with E-state index in [4.69, 9.17) is 16.3 Å². The smallest absolute Gasteiger partial charge is 0.252 e. The molecule has 0 fully saturated rings. The standard InChI is InChI=1S/C13H19ClN2O4S/c1-16(2)21(18,19)10-5-6-12(14)11(9-10)13(17)15-7-4-8-20-3/h5-6,9H,4,7-8H2,1-3H3,(H,15,17). The molecule has 21 heavy (non-hydrogen) atoms. The second-order valence-corrected chi connectivity index (χ2v) is 7.09. The van der Waals surface area contributed by atoms with Gasteiger partial charge >= 0.3 is 0 Å². The van der Waals surface area contributed by atoms with Gasteiger partial charge in [0.1, 0.15) is 0 Å². The van der Waals surface area contributed by atoms with E-state index in [1.165, 1.54) is 32.3 Å². The lowest BCUT2D eigenvalue weighted by molar-refractivity contribution is 0.0948. The zero-order valence-electron chi connectivity index (χ0n) is 12.2. The molecule has 0 aromatic heterocycles. The third-order valence-corrected chi connectivity index (χ3v) is 4.91. The number of halogens is 1. The van der Waals surface area contributed by atoms with Crippen LogP contribution in [0.1, 0.15) is 16.8 Å². The molecule has 0 unspecified atom stereocenters. The molecule has 0 saturated heterocycles. The lowest BCUT2D eigenvalue weighted by Crippen LogP contribution is -2.26. The lowest BCUT2D eigenvalue weighted by atomic mass is 10.2. The minimum absolute atomic E-state index is 0.0268. The Kier molecular flexibility index (Phi) is 6.60. The zero-order valence-corrected chi connectivity index (χ0v) is 13.8. The molecule has 8 heteroatoms. The van der Waals surface area contributed by atoms with Crippen molar-refractivity contribution < 1.29 is 17.9 Å². The van der Waals surface area contributed by atoms with Crippen LogP contribution < -0.4 is 5.32 Å². The highest BCUT2D eigenvalue weighted by Gasteiger charge is 2.20. The molecule has 0 heterocycles. The van der Waals surface area contributed by atoms with Crippen LogP contribution >= 0.6 is 11.6 Å². The van der Waals surface area contributed by atoms with Crippen molar-refractivity contribution in [3.8, 4) is 0 Å². The van der Waals surface area contributed by atoms with E-state index in [2.05, 4.69) is 5.32 Å². The highest BCUT2D eigenvalue weighted by Crippen LogP contribution is 2.22. The molecule has 0 aliphatic rings. The van der Waals surface area contributed by atoms with Gasteiger partial charge in [0.15, 0.2) is 0 Å². The predicted molar refractivity (Wildman–Crippen MR) is 81.2 cm³/mol. The average molecular weight is 335 g/mol. The van der Waals surface area contributed by atoms with Gasteiger partial charge in [-0.1, -0.05) is 11.6 Å². The molecule has 0 bridgehead atoms. The number of rotatable bonds is 7. The van der Waals surface area contributed by atoms with Gasteiger partial charge in [-0.25, -0.2) is 12.7 Å². The number of carbonyl (C=O) groups excluding carboxylic acids is 1. The third-order valence-electron chi connectivity index (χ3n) is 2.77. The molecule has 0 radical (unpaired) electrons. The number of nitrogens with one attached hydrogen (secondary N) is 1. The summed E-state index contributed by atoms with van der Waals surface area (Å²) in [4.78, 5) is 12.1. The van der Waals surface area contributed by atoms with Gasteiger partial charge in [0.05, 0.1) is 15.5 Å². The summed E-state index contributed by atoms with van der Waals surface area (Å²) in [7, 11) is 0.824. The Balaban J connectivity index is 2.95. The van der Waals surface area contributed by atoms with Crippen LogP contribution in [0.3, 0.4) is 0 Å². The predicted octanol–water partition coefficient (Wildman–Crippen LogP) is 1.36. The van der Waals surface area contributed by atoms with Gasteiger partial charge < -0.3 is 10.1 Å². The first-order valence-corrected chi connectivity index (χ1v) is 8.11. The van der Waals surface area contributed by atoms with Crippen LogP contribution in [-0.2, 0) is 14.8 Å². The Bertz CT molecular complexity index is 602. The van der Waals surface area contributed by atoms with Crippen molar-refractivity contribution in [2.45, 2.75) is 11.3 Å². The van der Waals surface area contributed by atoms with Crippen molar-refractivity contribution in [3.05, 3.63) is 28.8 Å². The van der Waals surface area contributed by atoms with E-state index in [1.807, 2.05) is 0 Å². The highest BCUT2D eigenvalue weighted by atomic mass is 35.5. The topological polar surface area (TPSA) is 75.7 Å². The maximum atomic E-state index is 12.1. The number of hydrogen-bond donors (Lipinski definition) is 1. The Hall–Kier alpha value is -1.15. The molecule has 1 rings (SSSR count). The first-order chi connectivity index (χ1) is 9.80. The maximum Gasteiger partial charge on any atom is 0.252 e. The van der Waals surface area contributed by atoms with Gasteiger partial charge in [-0.05, 0) is 24.6 Å². The van der Waals surface area contributed by atoms with Crippen molar-refractivity contribution in [1.82, 2.24) is 9.62 Å². The number of hydrogen-bond acceptors (Lipinski definition) is 4. The molecule has 1 aromatic carbocycles. The van der Waals surface area contributed by atoms with Crippen molar-refractivity contribution >= 4 is 27.5 Å². The SMILES string of the molecule is COCCCNC(=O)c1cc(S(=O)(=O)N(C)C)ccc1Cl. The van der Waals surface area contributed by atoms with Crippen molar-refractivity contribution in [2.75, 3.05) is 34.4 Å². The summed E-state index contributed by atoms with van der Waals surface area (Å²) in [5.41, 5.74) is 0.136. The van der Waals surface area contributed by atoms with Gasteiger partial charge in [-0.3, -0.25) is 4.79 Å². The van der Waals surface area contributed by atoms with Gasteiger partial charge in [0.25, 0.3) is 5.91 Å². The Labute approximate surface area is 130 Å². The molecular weight excluding hydrogens is 316 g/mol. The molecule has 0 aliphatic carbocycles. The molecule has 1 aromatic rings. The minimum atomic E-state index is -3.60. The van der Waals surface area contributed by atoms with Gasteiger partial charge in [0.2, 0.25) is 10.0 Å². The molecule has 1 N–H and O–H groups in total. The lowest BCUT2D eigenvalue weighted by Gasteiger charge is -2.13. The average Bonchev–Trinajstić information content (AvgIpc) is 2.43. The van der Waals surface area contributed by atoms with Gasteiger partial charge in [-0.15, -0.1) is 0 Å². The number of benzene rings is 1. The fourth-order valence-corrected chi connectivity index (χ4v) is 2.70. The van der Waals surface area contributed by atoms with Crippen LogP contribution in [0.5, 0.6) is 0 Å². The van der Waals surface area contributed by atoms with E-state index >= 15 is 0 Å². The molecular formula is C13H19ClN2O4S. The number of amides is 1. The summed E-state index contributed by atoms with van der Waals surface area (Å²) in [5, 5.41) is 2.88. The van der Waals surface area contributed by atoms with E-state index in [9.17, 15) is 13.2 Å². The third kappa shape index (κ3) is 4.67.